The van der Waals surface area contributed by atoms with Gasteiger partial charge in [0.2, 0.25) is 17.8 Å². The summed E-state index contributed by atoms with van der Waals surface area (Å²) in [6.45, 7) is 8.21. The van der Waals surface area contributed by atoms with Crippen LogP contribution in [-0.4, -0.2) is 41.1 Å². The molecule has 1 fully saturated rings. The first-order valence-corrected chi connectivity index (χ1v) is 6.63. The number of aromatic nitrogens is 3. The molecule has 1 aliphatic rings. The second kappa shape index (κ2) is 5.37. The van der Waals surface area contributed by atoms with Crippen molar-refractivity contribution in [1.29, 1.82) is 0 Å². The van der Waals surface area contributed by atoms with Crippen molar-refractivity contribution >= 4 is 17.8 Å². The molecule has 2 rings (SSSR count). The van der Waals surface area contributed by atoms with E-state index in [4.69, 9.17) is 0 Å². The molecule has 1 saturated carbocycles. The van der Waals surface area contributed by atoms with Gasteiger partial charge < -0.3 is 15.5 Å². The molecule has 6 heteroatoms. The van der Waals surface area contributed by atoms with E-state index in [0.717, 1.165) is 25.0 Å². The van der Waals surface area contributed by atoms with Gasteiger partial charge in [-0.25, -0.2) is 0 Å². The highest BCUT2D eigenvalue weighted by Crippen LogP contribution is 2.32. The zero-order valence-corrected chi connectivity index (χ0v) is 11.6. The summed E-state index contributed by atoms with van der Waals surface area (Å²) < 4.78 is 0. The molecule has 0 radical (unpaired) electrons. The molecule has 0 aromatic carbocycles. The van der Waals surface area contributed by atoms with Crippen LogP contribution >= 0.6 is 0 Å². The summed E-state index contributed by atoms with van der Waals surface area (Å²) in [6.07, 6.45) is 1.20. The molecule has 0 bridgehead atoms. The third-order valence-corrected chi connectivity index (χ3v) is 3.32. The molecule has 0 spiro atoms. The summed E-state index contributed by atoms with van der Waals surface area (Å²) in [5.41, 5.74) is 0. The van der Waals surface area contributed by atoms with Gasteiger partial charge in [-0.15, -0.1) is 0 Å². The van der Waals surface area contributed by atoms with E-state index in [1.807, 2.05) is 7.05 Å². The van der Waals surface area contributed by atoms with Crippen molar-refractivity contribution in [2.24, 2.45) is 5.92 Å². The van der Waals surface area contributed by atoms with E-state index in [0.29, 0.717) is 17.9 Å². The van der Waals surface area contributed by atoms with Crippen LogP contribution in [0, 0.1) is 5.92 Å². The molecular weight excluding hydrogens is 228 g/mol. The van der Waals surface area contributed by atoms with Gasteiger partial charge in [0.05, 0.1) is 0 Å². The van der Waals surface area contributed by atoms with Crippen molar-refractivity contribution in [1.82, 2.24) is 15.0 Å². The molecule has 1 heterocycles. The second-order valence-electron chi connectivity index (χ2n) is 4.67. The third kappa shape index (κ3) is 2.80. The zero-order chi connectivity index (χ0) is 13.1. The molecule has 0 aliphatic heterocycles. The number of rotatable bonds is 6. The van der Waals surface area contributed by atoms with Crippen molar-refractivity contribution in [2.45, 2.75) is 33.2 Å². The van der Waals surface area contributed by atoms with Crippen molar-refractivity contribution < 1.29 is 0 Å². The van der Waals surface area contributed by atoms with Gasteiger partial charge >= 0.3 is 0 Å². The molecule has 100 valence electrons. The highest BCUT2D eigenvalue weighted by Gasteiger charge is 2.33. The summed E-state index contributed by atoms with van der Waals surface area (Å²) in [5.74, 6) is 2.74. The highest BCUT2D eigenvalue weighted by atomic mass is 15.3. The van der Waals surface area contributed by atoms with Crippen LogP contribution < -0.4 is 15.5 Å². The lowest BCUT2D eigenvalue weighted by atomic mass is 10.5. The van der Waals surface area contributed by atoms with Gasteiger partial charge in [0.15, 0.2) is 0 Å². The van der Waals surface area contributed by atoms with Crippen LogP contribution in [0.1, 0.15) is 27.2 Å². The van der Waals surface area contributed by atoms with E-state index in [9.17, 15) is 0 Å². The van der Waals surface area contributed by atoms with Crippen LogP contribution in [0.5, 0.6) is 0 Å². The van der Waals surface area contributed by atoms with Gasteiger partial charge in [-0.2, -0.15) is 15.0 Å². The number of anilines is 3. The summed E-state index contributed by atoms with van der Waals surface area (Å²) in [4.78, 5) is 15.3. The highest BCUT2D eigenvalue weighted by molar-refractivity contribution is 5.44. The Labute approximate surface area is 108 Å². The summed E-state index contributed by atoms with van der Waals surface area (Å²) in [5, 5.41) is 6.34. The Morgan fingerprint density at radius 1 is 1.17 bits per heavy atom. The average molecular weight is 250 g/mol. The smallest absolute Gasteiger partial charge is 0.231 e. The number of nitrogens with one attached hydrogen (secondary N) is 2. The molecule has 6 nitrogen and oxygen atoms in total. The molecule has 0 saturated heterocycles. The largest absolute Gasteiger partial charge is 0.357 e. The molecule has 2 atom stereocenters. The minimum absolute atomic E-state index is 0.515. The Bertz CT molecular complexity index is 404. The molecule has 18 heavy (non-hydrogen) atoms. The van der Waals surface area contributed by atoms with E-state index in [-0.39, 0.29) is 0 Å². The molecule has 2 unspecified atom stereocenters. The minimum Gasteiger partial charge on any atom is -0.357 e. The molecular formula is C12H22N6. The van der Waals surface area contributed by atoms with Gasteiger partial charge in [0.25, 0.3) is 0 Å². The Morgan fingerprint density at radius 3 is 2.28 bits per heavy atom. The van der Waals surface area contributed by atoms with Crippen LogP contribution in [0.15, 0.2) is 0 Å². The molecule has 1 aromatic rings. The zero-order valence-electron chi connectivity index (χ0n) is 11.6. The minimum atomic E-state index is 0.515. The van der Waals surface area contributed by atoms with Gasteiger partial charge in [0, 0.05) is 26.2 Å². The van der Waals surface area contributed by atoms with Crippen molar-refractivity contribution in [3.8, 4) is 0 Å². The van der Waals surface area contributed by atoms with E-state index < -0.39 is 0 Å². The van der Waals surface area contributed by atoms with E-state index >= 15 is 0 Å². The van der Waals surface area contributed by atoms with Gasteiger partial charge in [-0.3, -0.25) is 0 Å². The quantitative estimate of drug-likeness (QED) is 0.799. The fourth-order valence-corrected chi connectivity index (χ4v) is 1.88. The van der Waals surface area contributed by atoms with Crippen LogP contribution in [-0.2, 0) is 0 Å². The lowest BCUT2D eigenvalue weighted by molar-refractivity contribution is 0.810. The number of hydrogen-bond donors (Lipinski definition) is 2. The Balaban J connectivity index is 2.20. The van der Waals surface area contributed by atoms with Crippen LogP contribution in [0.25, 0.3) is 0 Å². The van der Waals surface area contributed by atoms with Gasteiger partial charge in [0.1, 0.15) is 0 Å². The second-order valence-corrected chi connectivity index (χ2v) is 4.67. The Kier molecular flexibility index (Phi) is 3.84. The maximum Gasteiger partial charge on any atom is 0.231 e. The Hall–Kier alpha value is -1.59. The van der Waals surface area contributed by atoms with E-state index in [2.05, 4.69) is 51.3 Å². The lowest BCUT2D eigenvalue weighted by Gasteiger charge is -2.19. The van der Waals surface area contributed by atoms with Gasteiger partial charge in [-0.05, 0) is 26.2 Å². The first-order chi connectivity index (χ1) is 8.67. The monoisotopic (exact) mass is 250 g/mol. The fourth-order valence-electron chi connectivity index (χ4n) is 1.88. The van der Waals surface area contributed by atoms with Crippen molar-refractivity contribution in [3.63, 3.8) is 0 Å². The van der Waals surface area contributed by atoms with E-state index in [1.54, 1.807) is 0 Å². The molecule has 0 amide bonds. The third-order valence-electron chi connectivity index (χ3n) is 3.32. The van der Waals surface area contributed by atoms with Gasteiger partial charge in [-0.1, -0.05) is 6.92 Å². The Morgan fingerprint density at radius 2 is 1.78 bits per heavy atom. The maximum absolute atomic E-state index is 4.49. The molecule has 1 aliphatic carbocycles. The maximum atomic E-state index is 4.49. The van der Waals surface area contributed by atoms with Crippen LogP contribution in [0.3, 0.4) is 0 Å². The van der Waals surface area contributed by atoms with Crippen LogP contribution in [0.4, 0.5) is 17.8 Å². The predicted molar refractivity (Wildman–Crippen MR) is 74.1 cm³/mol. The standard InChI is InChI=1S/C12H22N6/c1-5-18(6-2)12-16-10(13-4)15-11(17-12)14-9-7-8(9)3/h8-9H,5-7H2,1-4H3,(H2,13,14,15,16,17). The normalized spacial score (nSPS) is 21.6. The van der Waals surface area contributed by atoms with E-state index in [1.165, 1.54) is 6.42 Å². The molecule has 1 aromatic heterocycles. The number of nitrogens with zero attached hydrogens (tertiary/aromatic N) is 4. The average Bonchev–Trinajstić information content (AvgIpc) is 3.06. The predicted octanol–water partition coefficient (Wildman–Crippen LogP) is 1.58. The first-order valence-electron chi connectivity index (χ1n) is 6.63. The first kappa shape index (κ1) is 12.9. The topological polar surface area (TPSA) is 66.0 Å². The van der Waals surface area contributed by atoms with Crippen molar-refractivity contribution in [3.05, 3.63) is 0 Å². The lowest BCUT2D eigenvalue weighted by Crippen LogP contribution is -2.25. The van der Waals surface area contributed by atoms with Crippen LogP contribution in [0.2, 0.25) is 0 Å². The summed E-state index contributed by atoms with van der Waals surface area (Å²) in [6, 6.07) is 0.515. The summed E-state index contributed by atoms with van der Waals surface area (Å²) in [7, 11) is 1.82. The fraction of sp³-hybridized carbons (Fsp3) is 0.750. The summed E-state index contributed by atoms with van der Waals surface area (Å²) >= 11 is 0. The van der Waals surface area contributed by atoms with Crippen molar-refractivity contribution in [2.75, 3.05) is 35.7 Å². The SMILES string of the molecule is CCN(CC)c1nc(NC)nc(NC2CC2C)n1. The number of hydrogen-bond acceptors (Lipinski definition) is 6. The molecule has 2 N–H and O–H groups in total.